The Morgan fingerprint density at radius 2 is 1.14 bits per heavy atom. The molecule has 22 heavy (non-hydrogen) atoms. The minimum absolute atomic E-state index is 0. The summed E-state index contributed by atoms with van der Waals surface area (Å²) < 4.78 is 45.5. The topological polar surface area (TPSA) is 84.9 Å². The molecule has 0 saturated carbocycles. The summed E-state index contributed by atoms with van der Waals surface area (Å²) in [6.45, 7) is 5.23. The molecule has 0 aliphatic carbocycles. The molecule has 0 N–H and O–H groups in total. The summed E-state index contributed by atoms with van der Waals surface area (Å²) in [4.78, 5) is 0. The molecule has 0 heterocycles. The van der Waals surface area contributed by atoms with E-state index in [4.69, 9.17) is 9.47 Å². The minimum Gasteiger partial charge on any atom is -0.726 e. The van der Waals surface area contributed by atoms with Crippen molar-refractivity contribution in [2.75, 3.05) is 33.0 Å². The fraction of sp³-hybridized carbons (Fsp3) is 1.00. The van der Waals surface area contributed by atoms with Gasteiger partial charge in [0.15, 0.2) is 0 Å². The summed E-state index contributed by atoms with van der Waals surface area (Å²) in [6, 6.07) is 0. The Balaban J connectivity index is 0. The van der Waals surface area contributed by atoms with E-state index in [1.807, 2.05) is 0 Å². The normalized spacial score (nSPS) is 11.4. The van der Waals surface area contributed by atoms with Crippen LogP contribution in [0.2, 0.25) is 0 Å². The molecule has 0 fully saturated rings. The van der Waals surface area contributed by atoms with Crippen LogP contribution in [0.1, 0.15) is 58.3 Å². The maximum absolute atomic E-state index is 10.2. The van der Waals surface area contributed by atoms with Crippen LogP contribution in [0.3, 0.4) is 0 Å². The minimum atomic E-state index is -4.53. The molecule has 0 radical (unpaired) electrons. The summed E-state index contributed by atoms with van der Waals surface area (Å²) >= 11 is 0. The maximum atomic E-state index is 10.2. The van der Waals surface area contributed by atoms with Gasteiger partial charge in [0, 0.05) is 26.4 Å². The largest absolute Gasteiger partial charge is 1.00 e. The first-order valence-corrected chi connectivity index (χ1v) is 9.15. The van der Waals surface area contributed by atoms with E-state index in [0.717, 1.165) is 58.3 Å². The van der Waals surface area contributed by atoms with Crippen LogP contribution >= 0.6 is 0 Å². The predicted molar refractivity (Wildman–Crippen MR) is 79.9 cm³/mol. The Morgan fingerprint density at radius 1 is 0.727 bits per heavy atom. The van der Waals surface area contributed by atoms with Crippen molar-refractivity contribution in [3.63, 3.8) is 0 Å². The molecule has 0 aliphatic heterocycles. The molecule has 0 rings (SSSR count). The Morgan fingerprint density at radius 3 is 1.55 bits per heavy atom. The number of unbranched alkanes of at least 4 members (excludes halogenated alkanes) is 5. The monoisotopic (exact) mass is 348 g/mol. The molecule has 128 valence electrons. The average Bonchev–Trinajstić information content (AvgIpc) is 2.42. The van der Waals surface area contributed by atoms with E-state index in [9.17, 15) is 13.0 Å². The van der Waals surface area contributed by atoms with Gasteiger partial charge in [-0.3, -0.25) is 4.18 Å². The van der Waals surface area contributed by atoms with Crippen molar-refractivity contribution in [2.45, 2.75) is 58.3 Å². The third-order valence-electron chi connectivity index (χ3n) is 2.88. The second-order valence-corrected chi connectivity index (χ2v) is 5.98. The van der Waals surface area contributed by atoms with Crippen LogP contribution in [0.4, 0.5) is 0 Å². The van der Waals surface area contributed by atoms with Crippen molar-refractivity contribution in [3.05, 3.63) is 0 Å². The molecule has 8 heteroatoms. The van der Waals surface area contributed by atoms with Crippen LogP contribution in [-0.4, -0.2) is 46.0 Å². The summed E-state index contributed by atoms with van der Waals surface area (Å²) in [7, 11) is -4.53. The molecule has 0 saturated heterocycles. The fourth-order valence-corrected chi connectivity index (χ4v) is 2.00. The molecule has 0 atom stereocenters. The molecule has 0 aromatic carbocycles. The smallest absolute Gasteiger partial charge is 0.726 e. The standard InChI is InChI=1S/C14H30O6S.Na/c1-2-3-10-18-11-6-4-7-12-19-13-8-5-9-14-20-21(15,16)17;/h2-14H2,1H3,(H,15,16,17);/q;+1/p-1. The first-order valence-electron chi connectivity index (χ1n) is 7.82. The van der Waals surface area contributed by atoms with Gasteiger partial charge in [0.25, 0.3) is 0 Å². The van der Waals surface area contributed by atoms with Gasteiger partial charge in [-0.25, -0.2) is 8.42 Å². The van der Waals surface area contributed by atoms with Crippen molar-refractivity contribution >= 4 is 10.4 Å². The van der Waals surface area contributed by atoms with E-state index >= 15 is 0 Å². The molecular formula is C14H29NaO6S. The molecule has 0 bridgehead atoms. The van der Waals surface area contributed by atoms with E-state index < -0.39 is 10.4 Å². The van der Waals surface area contributed by atoms with Crippen LogP contribution in [0.25, 0.3) is 0 Å². The van der Waals surface area contributed by atoms with Crippen molar-refractivity contribution in [2.24, 2.45) is 0 Å². The van der Waals surface area contributed by atoms with Gasteiger partial charge in [-0.05, 0) is 44.9 Å². The van der Waals surface area contributed by atoms with Gasteiger partial charge in [-0.2, -0.15) is 0 Å². The average molecular weight is 348 g/mol. The van der Waals surface area contributed by atoms with Gasteiger partial charge in [0.2, 0.25) is 10.4 Å². The van der Waals surface area contributed by atoms with Crippen LogP contribution < -0.4 is 29.6 Å². The van der Waals surface area contributed by atoms with E-state index in [-0.39, 0.29) is 36.2 Å². The summed E-state index contributed by atoms with van der Waals surface area (Å²) in [5, 5.41) is 0. The summed E-state index contributed by atoms with van der Waals surface area (Å²) in [6.07, 6.45) is 7.73. The Hall–Kier alpha value is 0.790. The zero-order valence-corrected chi connectivity index (χ0v) is 16.9. The Bertz CT molecular complexity index is 310. The second kappa shape index (κ2) is 18.1. The number of hydrogen-bond acceptors (Lipinski definition) is 6. The van der Waals surface area contributed by atoms with Gasteiger partial charge < -0.3 is 14.0 Å². The van der Waals surface area contributed by atoms with Crippen molar-refractivity contribution in [3.8, 4) is 0 Å². The zero-order valence-electron chi connectivity index (χ0n) is 14.1. The van der Waals surface area contributed by atoms with E-state index in [1.165, 1.54) is 6.42 Å². The molecular weight excluding hydrogens is 319 g/mol. The Labute approximate surface area is 157 Å². The molecule has 0 aromatic heterocycles. The van der Waals surface area contributed by atoms with Crippen LogP contribution in [0, 0.1) is 0 Å². The van der Waals surface area contributed by atoms with Gasteiger partial charge in [0.05, 0.1) is 6.61 Å². The van der Waals surface area contributed by atoms with E-state index in [1.54, 1.807) is 0 Å². The molecule has 0 amide bonds. The number of rotatable bonds is 16. The van der Waals surface area contributed by atoms with Gasteiger partial charge in [0.1, 0.15) is 0 Å². The van der Waals surface area contributed by atoms with E-state index in [0.29, 0.717) is 13.0 Å². The quantitative estimate of drug-likeness (QED) is 0.164. The van der Waals surface area contributed by atoms with Gasteiger partial charge in [-0.15, -0.1) is 0 Å². The molecule has 0 spiro atoms. The molecule has 6 nitrogen and oxygen atoms in total. The molecule has 0 aromatic rings. The maximum Gasteiger partial charge on any atom is 1.00 e. The summed E-state index contributed by atoms with van der Waals surface area (Å²) in [5.74, 6) is 0. The Kier molecular flexibility index (Phi) is 20.6. The van der Waals surface area contributed by atoms with Gasteiger partial charge in [-0.1, -0.05) is 13.3 Å². The first-order chi connectivity index (χ1) is 10.1. The zero-order chi connectivity index (χ0) is 15.8. The van der Waals surface area contributed by atoms with Crippen LogP contribution in [0.5, 0.6) is 0 Å². The number of ether oxygens (including phenoxy) is 2. The van der Waals surface area contributed by atoms with Crippen molar-refractivity contribution in [1.29, 1.82) is 0 Å². The first kappa shape index (κ1) is 25.0. The van der Waals surface area contributed by atoms with Gasteiger partial charge >= 0.3 is 29.6 Å². The van der Waals surface area contributed by atoms with E-state index in [2.05, 4.69) is 11.1 Å². The van der Waals surface area contributed by atoms with Crippen LogP contribution in [-0.2, 0) is 24.1 Å². The fourth-order valence-electron chi connectivity index (χ4n) is 1.68. The molecule has 0 aliphatic rings. The van der Waals surface area contributed by atoms with Crippen molar-refractivity contribution in [1.82, 2.24) is 0 Å². The second-order valence-electron chi connectivity index (χ2n) is 4.93. The number of hydrogen-bond donors (Lipinski definition) is 0. The third-order valence-corrected chi connectivity index (χ3v) is 3.34. The molecule has 0 unspecified atom stereocenters. The summed E-state index contributed by atoms with van der Waals surface area (Å²) in [5.41, 5.74) is 0. The van der Waals surface area contributed by atoms with Crippen molar-refractivity contribution < 1.29 is 56.2 Å². The third kappa shape index (κ3) is 23.1. The SMILES string of the molecule is CCCCOCCCCCOCCCCCOS(=O)(=O)[O-].[Na+]. The van der Waals surface area contributed by atoms with Crippen LogP contribution in [0.15, 0.2) is 0 Å². The predicted octanol–water partition coefficient (Wildman–Crippen LogP) is -0.359.